The van der Waals surface area contributed by atoms with Gasteiger partial charge in [0.2, 0.25) is 10.0 Å². The van der Waals surface area contributed by atoms with Gasteiger partial charge in [-0.1, -0.05) is 34.8 Å². The SMILES string of the molecule is O=S(=O)(CCN1CCNCC1)Nc1cc(Cl)c(Cl)cc1Cl. The number of hydrogen-bond acceptors (Lipinski definition) is 4. The summed E-state index contributed by atoms with van der Waals surface area (Å²) in [5.41, 5.74) is 0.242. The third-order valence-corrected chi connectivity index (χ3v) is 5.45. The molecule has 1 aromatic carbocycles. The zero-order chi connectivity index (χ0) is 15.5. The molecule has 1 saturated heterocycles. The van der Waals surface area contributed by atoms with Gasteiger partial charge in [0.25, 0.3) is 0 Å². The van der Waals surface area contributed by atoms with Crippen molar-refractivity contribution in [2.45, 2.75) is 0 Å². The van der Waals surface area contributed by atoms with Crippen LogP contribution in [0.4, 0.5) is 5.69 Å². The number of benzene rings is 1. The van der Waals surface area contributed by atoms with E-state index in [0.717, 1.165) is 26.2 Å². The second-order valence-corrected chi connectivity index (χ2v) is 7.82. The van der Waals surface area contributed by atoms with E-state index in [1.807, 2.05) is 0 Å². The molecule has 1 aliphatic rings. The van der Waals surface area contributed by atoms with E-state index >= 15 is 0 Å². The van der Waals surface area contributed by atoms with Gasteiger partial charge in [-0.15, -0.1) is 0 Å². The summed E-state index contributed by atoms with van der Waals surface area (Å²) in [6, 6.07) is 2.83. The van der Waals surface area contributed by atoms with Gasteiger partial charge >= 0.3 is 0 Å². The summed E-state index contributed by atoms with van der Waals surface area (Å²) < 4.78 is 26.7. The fraction of sp³-hybridized carbons (Fsp3) is 0.500. The van der Waals surface area contributed by atoms with E-state index < -0.39 is 10.0 Å². The highest BCUT2D eigenvalue weighted by molar-refractivity contribution is 7.92. The Labute approximate surface area is 139 Å². The molecule has 1 aliphatic heterocycles. The first-order chi connectivity index (χ1) is 9.87. The Balaban J connectivity index is 1.98. The molecule has 118 valence electrons. The van der Waals surface area contributed by atoms with Crippen molar-refractivity contribution >= 4 is 50.5 Å². The normalized spacial score (nSPS) is 16.9. The van der Waals surface area contributed by atoms with E-state index in [9.17, 15) is 8.42 Å². The monoisotopic (exact) mass is 371 g/mol. The molecule has 0 aliphatic carbocycles. The number of anilines is 1. The predicted molar refractivity (Wildman–Crippen MR) is 88.2 cm³/mol. The van der Waals surface area contributed by atoms with Crippen LogP contribution < -0.4 is 10.0 Å². The molecule has 2 rings (SSSR count). The van der Waals surface area contributed by atoms with Crippen LogP contribution >= 0.6 is 34.8 Å². The van der Waals surface area contributed by atoms with Gasteiger partial charge in [0.1, 0.15) is 0 Å². The first kappa shape index (κ1) is 17.1. The summed E-state index contributed by atoms with van der Waals surface area (Å²) in [5.74, 6) is 0.00355. The molecule has 0 bridgehead atoms. The number of rotatable bonds is 5. The van der Waals surface area contributed by atoms with Crippen LogP contribution in [0.15, 0.2) is 12.1 Å². The van der Waals surface area contributed by atoms with Crippen molar-refractivity contribution < 1.29 is 8.42 Å². The van der Waals surface area contributed by atoms with Gasteiger partial charge in [-0.3, -0.25) is 9.62 Å². The van der Waals surface area contributed by atoms with Gasteiger partial charge in [-0.05, 0) is 12.1 Å². The van der Waals surface area contributed by atoms with Crippen molar-refractivity contribution in [3.8, 4) is 0 Å². The van der Waals surface area contributed by atoms with E-state index in [1.165, 1.54) is 12.1 Å². The third kappa shape index (κ3) is 5.16. The van der Waals surface area contributed by atoms with Crippen LogP contribution in [0.3, 0.4) is 0 Å². The number of sulfonamides is 1. The zero-order valence-corrected chi connectivity index (χ0v) is 14.3. The second kappa shape index (κ2) is 7.35. The molecular weight excluding hydrogens is 357 g/mol. The Hall–Kier alpha value is -0.240. The standard InChI is InChI=1S/C12H16Cl3N3O2S/c13-9-7-11(15)12(8-10(9)14)17-21(19,20)6-5-18-3-1-16-2-4-18/h7-8,16-17H,1-6H2. The third-order valence-electron chi connectivity index (χ3n) is 3.16. The molecule has 0 aromatic heterocycles. The molecule has 0 amide bonds. The van der Waals surface area contributed by atoms with E-state index in [1.54, 1.807) is 0 Å². The largest absolute Gasteiger partial charge is 0.314 e. The van der Waals surface area contributed by atoms with Crippen LogP contribution in [-0.4, -0.2) is 51.8 Å². The van der Waals surface area contributed by atoms with Crippen LogP contribution in [-0.2, 0) is 10.0 Å². The maximum Gasteiger partial charge on any atom is 0.234 e. The first-order valence-corrected chi connectivity index (χ1v) is 9.24. The van der Waals surface area contributed by atoms with E-state index in [0.29, 0.717) is 6.54 Å². The molecule has 5 nitrogen and oxygen atoms in total. The van der Waals surface area contributed by atoms with Crippen molar-refractivity contribution in [2.75, 3.05) is 43.2 Å². The molecule has 9 heteroatoms. The lowest BCUT2D eigenvalue weighted by Gasteiger charge is -2.26. The highest BCUT2D eigenvalue weighted by Gasteiger charge is 2.17. The zero-order valence-electron chi connectivity index (χ0n) is 11.2. The topological polar surface area (TPSA) is 61.4 Å². The van der Waals surface area contributed by atoms with Gasteiger partial charge in [0.15, 0.2) is 0 Å². The molecular formula is C12H16Cl3N3O2S. The van der Waals surface area contributed by atoms with Crippen molar-refractivity contribution in [3.05, 3.63) is 27.2 Å². The average Bonchev–Trinajstić information content (AvgIpc) is 2.44. The van der Waals surface area contributed by atoms with Crippen LogP contribution in [0.5, 0.6) is 0 Å². The Kier molecular flexibility index (Phi) is 5.99. The van der Waals surface area contributed by atoms with Crippen LogP contribution in [0.25, 0.3) is 0 Å². The number of hydrogen-bond donors (Lipinski definition) is 2. The number of nitrogens with zero attached hydrogens (tertiary/aromatic N) is 1. The van der Waals surface area contributed by atoms with Gasteiger partial charge in [0, 0.05) is 32.7 Å². The average molecular weight is 373 g/mol. The van der Waals surface area contributed by atoms with Crippen molar-refractivity contribution in [2.24, 2.45) is 0 Å². The first-order valence-electron chi connectivity index (χ1n) is 6.45. The van der Waals surface area contributed by atoms with Gasteiger partial charge < -0.3 is 5.32 Å². The molecule has 0 unspecified atom stereocenters. The summed E-state index contributed by atoms with van der Waals surface area (Å²) in [5, 5.41) is 3.97. The Morgan fingerprint density at radius 3 is 2.38 bits per heavy atom. The van der Waals surface area contributed by atoms with Crippen LogP contribution in [0.1, 0.15) is 0 Å². The number of piperazine rings is 1. The lowest BCUT2D eigenvalue weighted by atomic mass is 10.3. The Morgan fingerprint density at radius 2 is 1.71 bits per heavy atom. The lowest BCUT2D eigenvalue weighted by Crippen LogP contribution is -2.45. The molecule has 1 fully saturated rings. The minimum atomic E-state index is -3.48. The molecule has 2 N–H and O–H groups in total. The quantitative estimate of drug-likeness (QED) is 0.779. The maximum atomic E-state index is 12.1. The molecule has 0 radical (unpaired) electrons. The van der Waals surface area contributed by atoms with Crippen LogP contribution in [0.2, 0.25) is 15.1 Å². The van der Waals surface area contributed by atoms with Crippen molar-refractivity contribution in [1.29, 1.82) is 0 Å². The summed E-state index contributed by atoms with van der Waals surface area (Å²) in [6.45, 7) is 3.94. The fourth-order valence-corrected chi connectivity index (χ4v) is 3.76. The highest BCUT2D eigenvalue weighted by Crippen LogP contribution is 2.32. The fourth-order valence-electron chi connectivity index (χ4n) is 2.00. The summed E-state index contributed by atoms with van der Waals surface area (Å²) in [7, 11) is -3.48. The summed E-state index contributed by atoms with van der Waals surface area (Å²) in [4.78, 5) is 2.10. The number of halogens is 3. The van der Waals surface area contributed by atoms with Gasteiger partial charge in [-0.2, -0.15) is 0 Å². The predicted octanol–water partition coefficient (Wildman–Crippen LogP) is 2.29. The molecule has 21 heavy (non-hydrogen) atoms. The highest BCUT2D eigenvalue weighted by atomic mass is 35.5. The van der Waals surface area contributed by atoms with Gasteiger partial charge in [-0.25, -0.2) is 8.42 Å². The smallest absolute Gasteiger partial charge is 0.234 e. The van der Waals surface area contributed by atoms with Crippen molar-refractivity contribution in [3.63, 3.8) is 0 Å². The summed E-state index contributed by atoms with van der Waals surface area (Å²) >= 11 is 17.7. The van der Waals surface area contributed by atoms with E-state index in [2.05, 4.69) is 14.9 Å². The van der Waals surface area contributed by atoms with Gasteiger partial charge in [0.05, 0.1) is 26.5 Å². The molecule has 1 aromatic rings. The Morgan fingerprint density at radius 1 is 1.10 bits per heavy atom. The molecule has 1 heterocycles. The number of nitrogens with one attached hydrogen (secondary N) is 2. The summed E-state index contributed by atoms with van der Waals surface area (Å²) in [6.07, 6.45) is 0. The maximum absolute atomic E-state index is 12.1. The minimum Gasteiger partial charge on any atom is -0.314 e. The van der Waals surface area contributed by atoms with Crippen LogP contribution in [0, 0.1) is 0 Å². The van der Waals surface area contributed by atoms with E-state index in [4.69, 9.17) is 34.8 Å². The lowest BCUT2D eigenvalue weighted by molar-refractivity contribution is 0.254. The Bertz CT molecular complexity index is 604. The molecule has 0 spiro atoms. The van der Waals surface area contributed by atoms with Crippen molar-refractivity contribution in [1.82, 2.24) is 10.2 Å². The second-order valence-electron chi connectivity index (χ2n) is 4.76. The molecule has 0 atom stereocenters. The molecule has 0 saturated carbocycles. The minimum absolute atomic E-state index is 0.00355. The van der Waals surface area contributed by atoms with E-state index in [-0.39, 0.29) is 26.5 Å².